The summed E-state index contributed by atoms with van der Waals surface area (Å²) < 4.78 is 23.1. The molecule has 0 amide bonds. The predicted octanol–water partition coefficient (Wildman–Crippen LogP) is 3.93. The maximum absolute atomic E-state index is 12.2. The SMILES string of the molecule is CS(=O)(=O)c1ccc(C2=C(c3ccc(Cl)cc3)C(=O)SC2)cc1. The summed E-state index contributed by atoms with van der Waals surface area (Å²) >= 11 is 7.16. The van der Waals surface area contributed by atoms with E-state index in [1.807, 2.05) is 12.1 Å². The van der Waals surface area contributed by atoms with Crippen LogP contribution < -0.4 is 0 Å². The molecule has 3 rings (SSSR count). The zero-order valence-electron chi connectivity index (χ0n) is 12.2. The minimum Gasteiger partial charge on any atom is -0.282 e. The number of sulfone groups is 1. The Hall–Kier alpha value is -1.56. The van der Waals surface area contributed by atoms with Gasteiger partial charge in [0.1, 0.15) is 0 Å². The van der Waals surface area contributed by atoms with Crippen molar-refractivity contribution in [3.8, 4) is 0 Å². The molecule has 0 saturated carbocycles. The molecule has 23 heavy (non-hydrogen) atoms. The molecule has 1 aliphatic rings. The fourth-order valence-electron chi connectivity index (χ4n) is 2.44. The Bertz CT molecular complexity index is 896. The minimum absolute atomic E-state index is 0.0227. The van der Waals surface area contributed by atoms with Crippen LogP contribution in [0.2, 0.25) is 5.02 Å². The summed E-state index contributed by atoms with van der Waals surface area (Å²) in [5, 5.41) is 0.640. The molecule has 0 aliphatic carbocycles. The van der Waals surface area contributed by atoms with Gasteiger partial charge in [-0.2, -0.15) is 0 Å². The first kappa shape index (κ1) is 16.3. The van der Waals surface area contributed by atoms with Crippen molar-refractivity contribution < 1.29 is 13.2 Å². The van der Waals surface area contributed by atoms with Crippen LogP contribution in [0.3, 0.4) is 0 Å². The van der Waals surface area contributed by atoms with Gasteiger partial charge in [-0.25, -0.2) is 8.42 Å². The minimum atomic E-state index is -3.23. The molecule has 118 valence electrons. The van der Waals surface area contributed by atoms with Crippen molar-refractivity contribution in [2.45, 2.75) is 4.90 Å². The molecule has 0 spiro atoms. The quantitative estimate of drug-likeness (QED) is 0.828. The zero-order valence-corrected chi connectivity index (χ0v) is 14.6. The van der Waals surface area contributed by atoms with Crippen molar-refractivity contribution in [2.24, 2.45) is 0 Å². The second kappa shape index (κ2) is 6.15. The molecule has 2 aromatic rings. The van der Waals surface area contributed by atoms with E-state index in [0.29, 0.717) is 16.3 Å². The van der Waals surface area contributed by atoms with Crippen molar-refractivity contribution in [1.82, 2.24) is 0 Å². The Kier molecular flexibility index (Phi) is 4.36. The fourth-order valence-corrected chi connectivity index (χ4v) is 4.17. The lowest BCUT2D eigenvalue weighted by atomic mass is 9.97. The van der Waals surface area contributed by atoms with Gasteiger partial charge in [-0.05, 0) is 41.0 Å². The molecular formula is C17H13ClO3S2. The average molecular weight is 365 g/mol. The van der Waals surface area contributed by atoms with E-state index in [9.17, 15) is 13.2 Å². The number of carbonyl (C=O) groups excluding carboxylic acids is 1. The van der Waals surface area contributed by atoms with Crippen LogP contribution in [-0.2, 0) is 14.6 Å². The largest absolute Gasteiger partial charge is 0.282 e. The predicted molar refractivity (Wildman–Crippen MR) is 95.3 cm³/mol. The Morgan fingerprint density at radius 3 is 2.09 bits per heavy atom. The third kappa shape index (κ3) is 3.37. The highest BCUT2D eigenvalue weighted by Crippen LogP contribution is 2.39. The van der Waals surface area contributed by atoms with Crippen molar-refractivity contribution >= 4 is 49.5 Å². The molecule has 6 heteroatoms. The smallest absolute Gasteiger partial charge is 0.220 e. The van der Waals surface area contributed by atoms with Crippen LogP contribution in [0.1, 0.15) is 11.1 Å². The Morgan fingerprint density at radius 1 is 0.957 bits per heavy atom. The van der Waals surface area contributed by atoms with Gasteiger partial charge in [0.05, 0.1) is 4.90 Å². The molecular weight excluding hydrogens is 352 g/mol. The molecule has 2 aromatic carbocycles. The highest BCUT2D eigenvalue weighted by molar-refractivity contribution is 8.15. The van der Waals surface area contributed by atoms with Crippen molar-refractivity contribution in [3.05, 3.63) is 64.7 Å². The number of rotatable bonds is 3. The van der Waals surface area contributed by atoms with Crippen LogP contribution in [-0.4, -0.2) is 25.5 Å². The number of carbonyl (C=O) groups is 1. The highest BCUT2D eigenvalue weighted by Gasteiger charge is 2.26. The first-order valence-corrected chi connectivity index (χ1v) is 10.1. The van der Waals surface area contributed by atoms with Crippen LogP contribution in [0.5, 0.6) is 0 Å². The summed E-state index contributed by atoms with van der Waals surface area (Å²) in [5.74, 6) is 0.578. The van der Waals surface area contributed by atoms with E-state index in [1.54, 1.807) is 36.4 Å². The molecule has 0 saturated heterocycles. The molecule has 0 radical (unpaired) electrons. The van der Waals surface area contributed by atoms with Gasteiger partial charge in [0, 0.05) is 22.6 Å². The normalized spacial score (nSPS) is 15.3. The van der Waals surface area contributed by atoms with Crippen LogP contribution in [0.15, 0.2) is 53.4 Å². The average Bonchev–Trinajstić information content (AvgIpc) is 2.89. The van der Waals surface area contributed by atoms with Crippen molar-refractivity contribution in [1.29, 1.82) is 0 Å². The first-order valence-electron chi connectivity index (χ1n) is 6.83. The van der Waals surface area contributed by atoms with E-state index in [0.717, 1.165) is 16.7 Å². The maximum Gasteiger partial charge on any atom is 0.220 e. The molecule has 0 aromatic heterocycles. The van der Waals surface area contributed by atoms with E-state index >= 15 is 0 Å². The summed E-state index contributed by atoms with van der Waals surface area (Å²) in [5.41, 5.74) is 3.27. The summed E-state index contributed by atoms with van der Waals surface area (Å²) in [6, 6.07) is 13.8. The number of halogens is 1. The summed E-state index contributed by atoms with van der Waals surface area (Å²) in [7, 11) is -3.23. The monoisotopic (exact) mass is 364 g/mol. The molecule has 0 atom stereocenters. The van der Waals surface area contributed by atoms with Crippen LogP contribution >= 0.6 is 23.4 Å². The van der Waals surface area contributed by atoms with E-state index < -0.39 is 9.84 Å². The van der Waals surface area contributed by atoms with Crippen LogP contribution in [0.4, 0.5) is 0 Å². The van der Waals surface area contributed by atoms with Crippen molar-refractivity contribution in [3.63, 3.8) is 0 Å². The van der Waals surface area contributed by atoms with Gasteiger partial charge in [0.15, 0.2) is 9.84 Å². The summed E-state index contributed by atoms with van der Waals surface area (Å²) in [6.07, 6.45) is 1.18. The lowest BCUT2D eigenvalue weighted by molar-refractivity contribution is -0.106. The molecule has 3 nitrogen and oxygen atoms in total. The Morgan fingerprint density at radius 2 is 1.52 bits per heavy atom. The van der Waals surface area contributed by atoms with Crippen molar-refractivity contribution in [2.75, 3.05) is 12.0 Å². The summed E-state index contributed by atoms with van der Waals surface area (Å²) in [4.78, 5) is 12.5. The van der Waals surface area contributed by atoms with Gasteiger partial charge in [0.25, 0.3) is 0 Å². The maximum atomic E-state index is 12.2. The van der Waals surface area contributed by atoms with E-state index in [1.165, 1.54) is 18.0 Å². The Labute approximate surface area is 144 Å². The molecule has 0 bridgehead atoms. The standard InChI is InChI=1S/C17H13ClO3S2/c1-23(20,21)14-8-4-11(5-9-14)15-10-22-17(19)16(15)12-2-6-13(18)7-3-12/h2-9H,10H2,1H3. The van der Waals surface area contributed by atoms with Gasteiger partial charge in [-0.3, -0.25) is 4.79 Å². The fraction of sp³-hybridized carbons (Fsp3) is 0.118. The molecule has 0 unspecified atom stereocenters. The summed E-state index contributed by atoms with van der Waals surface area (Å²) in [6.45, 7) is 0. The number of thioether (sulfide) groups is 1. The molecule has 0 N–H and O–H groups in total. The van der Waals surface area contributed by atoms with Gasteiger partial charge < -0.3 is 0 Å². The van der Waals surface area contributed by atoms with E-state index in [-0.39, 0.29) is 10.0 Å². The van der Waals surface area contributed by atoms with Gasteiger partial charge in [0.2, 0.25) is 5.12 Å². The highest BCUT2D eigenvalue weighted by atomic mass is 35.5. The van der Waals surface area contributed by atoms with Gasteiger partial charge in [-0.1, -0.05) is 47.6 Å². The number of benzene rings is 2. The Balaban J connectivity index is 2.08. The number of hydrogen-bond donors (Lipinski definition) is 0. The lowest BCUT2D eigenvalue weighted by Crippen LogP contribution is -1.98. The topological polar surface area (TPSA) is 51.2 Å². The van der Waals surface area contributed by atoms with E-state index in [4.69, 9.17) is 11.6 Å². The second-order valence-corrected chi connectivity index (χ2v) is 8.63. The lowest BCUT2D eigenvalue weighted by Gasteiger charge is -2.07. The third-order valence-corrected chi connectivity index (χ3v) is 5.90. The first-order chi connectivity index (χ1) is 10.9. The van der Waals surface area contributed by atoms with Crippen LogP contribution in [0, 0.1) is 0 Å². The zero-order chi connectivity index (χ0) is 16.6. The van der Waals surface area contributed by atoms with Crippen LogP contribution in [0.25, 0.3) is 11.1 Å². The third-order valence-electron chi connectivity index (χ3n) is 3.62. The second-order valence-electron chi connectivity index (χ2n) is 5.23. The molecule has 0 fully saturated rings. The molecule has 1 heterocycles. The molecule has 1 aliphatic heterocycles. The van der Waals surface area contributed by atoms with Gasteiger partial charge in [-0.15, -0.1) is 0 Å². The van der Waals surface area contributed by atoms with E-state index in [2.05, 4.69) is 0 Å². The van der Waals surface area contributed by atoms with Gasteiger partial charge >= 0.3 is 0 Å². The number of hydrogen-bond acceptors (Lipinski definition) is 4.